The van der Waals surface area contributed by atoms with E-state index in [-0.39, 0.29) is 18.2 Å². The van der Waals surface area contributed by atoms with Crippen LogP contribution in [0.15, 0.2) is 28.8 Å². The lowest BCUT2D eigenvalue weighted by Gasteiger charge is -2.20. The van der Waals surface area contributed by atoms with Gasteiger partial charge in [0.15, 0.2) is 11.5 Å². The van der Waals surface area contributed by atoms with Gasteiger partial charge < -0.3 is 15.2 Å². The average Bonchev–Trinajstić information content (AvgIpc) is 3.34. The molecule has 0 unspecified atom stereocenters. The lowest BCUT2D eigenvalue weighted by molar-refractivity contribution is 0.118. The fourth-order valence-electron chi connectivity index (χ4n) is 3.42. The van der Waals surface area contributed by atoms with E-state index in [2.05, 4.69) is 29.1 Å². The Bertz CT molecular complexity index is 724. The molecule has 1 aromatic heterocycles. The van der Waals surface area contributed by atoms with Crippen molar-refractivity contribution in [1.82, 2.24) is 20.3 Å². The lowest BCUT2D eigenvalue weighted by atomic mass is 10.0. The summed E-state index contributed by atoms with van der Waals surface area (Å²) in [6.45, 7) is 9.70. The number of aliphatic hydroxyl groups is 1. The second-order valence-electron chi connectivity index (χ2n) is 7.29. The molecule has 2 heterocycles. The number of rotatable bonds is 8. The van der Waals surface area contributed by atoms with Crippen LogP contribution < -0.4 is 5.32 Å². The Morgan fingerprint density at radius 1 is 1.43 bits per heavy atom. The van der Waals surface area contributed by atoms with Gasteiger partial charge in [-0.25, -0.2) is 4.68 Å². The number of hydrogen-bond donors (Lipinski definition) is 2. The van der Waals surface area contributed by atoms with E-state index in [4.69, 9.17) is 9.73 Å². The molecule has 1 fully saturated rings. The lowest BCUT2D eigenvalue weighted by Crippen LogP contribution is -2.26. The predicted molar refractivity (Wildman–Crippen MR) is 114 cm³/mol. The first-order valence-corrected chi connectivity index (χ1v) is 11.1. The van der Waals surface area contributed by atoms with Crippen LogP contribution in [0.25, 0.3) is 0 Å². The monoisotopic (exact) mass is 405 g/mol. The number of thioether (sulfide) groups is 1. The first kappa shape index (κ1) is 21.1. The van der Waals surface area contributed by atoms with Crippen molar-refractivity contribution in [1.29, 1.82) is 0 Å². The Morgan fingerprint density at radius 2 is 2.29 bits per heavy atom. The molecule has 7 nitrogen and oxygen atoms in total. The van der Waals surface area contributed by atoms with Gasteiger partial charge in [-0.1, -0.05) is 30.9 Å². The third kappa shape index (κ3) is 5.46. The highest BCUT2D eigenvalue weighted by Gasteiger charge is 2.23. The van der Waals surface area contributed by atoms with Crippen LogP contribution >= 0.6 is 11.8 Å². The number of hydrogen-bond acceptors (Lipinski definition) is 6. The first-order valence-electron chi connectivity index (χ1n) is 10.1. The minimum Gasteiger partial charge on any atom is -0.389 e. The van der Waals surface area contributed by atoms with E-state index < -0.39 is 0 Å². The van der Waals surface area contributed by atoms with Crippen LogP contribution in [0.4, 0.5) is 0 Å². The molecule has 0 aromatic carbocycles. The quantitative estimate of drug-likeness (QED) is 0.393. The van der Waals surface area contributed by atoms with Gasteiger partial charge in [-0.05, 0) is 44.8 Å². The third-order valence-corrected chi connectivity index (χ3v) is 6.06. The summed E-state index contributed by atoms with van der Waals surface area (Å²) in [5.41, 5.74) is 1.70. The fourth-order valence-corrected chi connectivity index (χ4v) is 4.04. The normalized spacial score (nSPS) is 25.2. The second kappa shape index (κ2) is 10.2. The molecular weight excluding hydrogens is 374 g/mol. The number of aromatic nitrogens is 3. The molecule has 2 aliphatic rings. The summed E-state index contributed by atoms with van der Waals surface area (Å²) in [6.07, 6.45) is 8.46. The number of aliphatic hydroxyl groups excluding tert-OH is 1. The van der Waals surface area contributed by atoms with Crippen molar-refractivity contribution in [3.05, 3.63) is 35.1 Å². The van der Waals surface area contributed by atoms with Crippen molar-refractivity contribution >= 4 is 17.6 Å². The molecule has 28 heavy (non-hydrogen) atoms. The molecule has 1 saturated heterocycles. The van der Waals surface area contributed by atoms with Crippen molar-refractivity contribution in [2.24, 2.45) is 4.99 Å². The maximum Gasteiger partial charge on any atom is 0.156 e. The van der Waals surface area contributed by atoms with E-state index in [1.165, 1.54) is 0 Å². The Kier molecular flexibility index (Phi) is 7.70. The minimum absolute atomic E-state index is 0.113. The zero-order valence-electron chi connectivity index (χ0n) is 16.8. The summed E-state index contributed by atoms with van der Waals surface area (Å²) in [5.74, 6) is 1.71. The summed E-state index contributed by atoms with van der Waals surface area (Å²) in [4.78, 5) is 4.79. The zero-order valence-corrected chi connectivity index (χ0v) is 17.6. The first-order chi connectivity index (χ1) is 13.6. The van der Waals surface area contributed by atoms with Gasteiger partial charge in [0, 0.05) is 6.61 Å². The summed E-state index contributed by atoms with van der Waals surface area (Å²) < 4.78 is 7.63. The maximum atomic E-state index is 9.70. The van der Waals surface area contributed by atoms with Crippen molar-refractivity contribution in [2.75, 3.05) is 18.9 Å². The summed E-state index contributed by atoms with van der Waals surface area (Å²) in [7, 11) is 0. The van der Waals surface area contributed by atoms with Crippen molar-refractivity contribution < 1.29 is 9.84 Å². The van der Waals surface area contributed by atoms with Crippen LogP contribution in [-0.4, -0.2) is 57.0 Å². The molecule has 8 heteroatoms. The summed E-state index contributed by atoms with van der Waals surface area (Å²) in [5, 5.41) is 22.7. The van der Waals surface area contributed by atoms with Gasteiger partial charge in [-0.3, -0.25) is 4.99 Å². The van der Waals surface area contributed by atoms with Gasteiger partial charge in [0.2, 0.25) is 0 Å². The summed E-state index contributed by atoms with van der Waals surface area (Å²) in [6, 6.07) is 0.113. The number of allylic oxidation sites excluding steroid dienone is 1. The highest BCUT2D eigenvalue weighted by Crippen LogP contribution is 2.24. The minimum atomic E-state index is -0.358. The van der Waals surface area contributed by atoms with E-state index in [0.29, 0.717) is 12.4 Å². The van der Waals surface area contributed by atoms with Gasteiger partial charge in [-0.15, -0.1) is 16.9 Å². The van der Waals surface area contributed by atoms with Crippen LogP contribution in [0, 0.1) is 6.92 Å². The SMILES string of the molecule is C=C(NC(=NC[C@H]1CCCO1)c1nnn([C@@H]2C=C[C@H](O)CC2)c1C)SCCC. The predicted octanol–water partition coefficient (Wildman–Crippen LogP) is 2.97. The topological polar surface area (TPSA) is 84.6 Å². The van der Waals surface area contributed by atoms with Gasteiger partial charge in [0.05, 0.1) is 35.5 Å². The molecule has 0 spiro atoms. The van der Waals surface area contributed by atoms with Crippen molar-refractivity contribution in [2.45, 2.75) is 64.2 Å². The van der Waals surface area contributed by atoms with Crippen molar-refractivity contribution in [3.8, 4) is 0 Å². The molecule has 1 aliphatic carbocycles. The van der Waals surface area contributed by atoms with Crippen LogP contribution in [0.2, 0.25) is 0 Å². The molecule has 3 rings (SSSR count). The maximum absolute atomic E-state index is 9.70. The number of nitrogens with one attached hydrogen (secondary N) is 1. The van der Waals surface area contributed by atoms with E-state index >= 15 is 0 Å². The zero-order chi connectivity index (χ0) is 19.9. The fraction of sp³-hybridized carbons (Fsp3) is 0.650. The molecular formula is C20H31N5O2S. The van der Waals surface area contributed by atoms with Crippen LogP contribution in [0.5, 0.6) is 0 Å². The molecule has 0 radical (unpaired) electrons. The highest BCUT2D eigenvalue weighted by atomic mass is 32.2. The van der Waals surface area contributed by atoms with Gasteiger partial charge in [-0.2, -0.15) is 0 Å². The second-order valence-corrected chi connectivity index (χ2v) is 8.48. The smallest absolute Gasteiger partial charge is 0.156 e. The Morgan fingerprint density at radius 3 is 2.96 bits per heavy atom. The standard InChI is InChI=1S/C20H31N5O2S/c1-4-12-28-15(3)22-20(21-13-18-6-5-11-27-18)19-14(2)25(24-23-19)16-7-9-17(26)10-8-16/h7,9,16-18,26H,3-6,8,10-13H2,1-2H3,(H,21,22)/t16-,17+,18-/m1/s1. The van der Waals surface area contributed by atoms with Crippen LogP contribution in [0.3, 0.4) is 0 Å². The molecule has 2 N–H and O–H groups in total. The van der Waals surface area contributed by atoms with Crippen molar-refractivity contribution in [3.63, 3.8) is 0 Å². The van der Waals surface area contributed by atoms with Crippen LogP contribution in [-0.2, 0) is 4.74 Å². The van der Waals surface area contributed by atoms with E-state index in [1.54, 1.807) is 11.8 Å². The highest BCUT2D eigenvalue weighted by molar-refractivity contribution is 8.03. The molecule has 0 saturated carbocycles. The Balaban J connectivity index is 1.79. The molecule has 0 amide bonds. The summed E-state index contributed by atoms with van der Waals surface area (Å²) >= 11 is 1.69. The average molecular weight is 406 g/mol. The van der Waals surface area contributed by atoms with Gasteiger partial charge in [0.25, 0.3) is 0 Å². The number of aliphatic imine (C=N–C) groups is 1. The van der Waals surface area contributed by atoms with Gasteiger partial charge in [0.1, 0.15) is 0 Å². The molecule has 0 bridgehead atoms. The van der Waals surface area contributed by atoms with E-state index in [9.17, 15) is 5.11 Å². The molecule has 1 aromatic rings. The molecule has 1 aliphatic heterocycles. The van der Waals surface area contributed by atoms with E-state index in [1.807, 2.05) is 23.8 Å². The molecule has 154 valence electrons. The Labute approximate surface area is 171 Å². The largest absolute Gasteiger partial charge is 0.389 e. The number of amidine groups is 1. The Hall–Kier alpha value is -1.64. The number of ether oxygens (including phenoxy) is 1. The van der Waals surface area contributed by atoms with Crippen LogP contribution in [0.1, 0.15) is 56.5 Å². The third-order valence-electron chi connectivity index (χ3n) is 4.99. The van der Waals surface area contributed by atoms with E-state index in [0.717, 1.165) is 60.9 Å². The number of nitrogens with zero attached hydrogens (tertiary/aromatic N) is 4. The van der Waals surface area contributed by atoms with Gasteiger partial charge >= 0.3 is 0 Å². The molecule has 3 atom stereocenters.